The van der Waals surface area contributed by atoms with Crippen molar-refractivity contribution in [3.63, 3.8) is 0 Å². The van der Waals surface area contributed by atoms with Gasteiger partial charge in [-0.3, -0.25) is 9.80 Å². The van der Waals surface area contributed by atoms with E-state index in [0.717, 1.165) is 0 Å². The van der Waals surface area contributed by atoms with Gasteiger partial charge in [-0.05, 0) is 19.1 Å². The van der Waals surface area contributed by atoms with Crippen molar-refractivity contribution in [2.75, 3.05) is 11.6 Å². The normalized spacial score (nSPS) is 15.2. The van der Waals surface area contributed by atoms with Crippen LogP contribution in [-0.4, -0.2) is 12.3 Å². The van der Waals surface area contributed by atoms with Crippen molar-refractivity contribution in [3.05, 3.63) is 40.8 Å². The molecule has 0 saturated heterocycles. The van der Waals surface area contributed by atoms with E-state index in [1.807, 2.05) is 0 Å². The molecule has 0 fully saturated rings. The van der Waals surface area contributed by atoms with Crippen molar-refractivity contribution in [3.8, 4) is 0 Å². The molecule has 0 spiro atoms. The number of hydrazine groups is 1. The Bertz CT molecular complexity index is 473. The third-order valence-electron chi connectivity index (χ3n) is 2.37. The maximum atomic E-state index is 13.7. The number of nitrogens with one attached hydrogen (secondary N) is 1. The number of Topliss-reactive ketones (excluding diaryl/α,β-unsaturated/α-hetero) is 1. The fourth-order valence-corrected chi connectivity index (χ4v) is 1.64. The van der Waals surface area contributed by atoms with Crippen molar-refractivity contribution in [1.29, 1.82) is 0 Å². The van der Waals surface area contributed by atoms with Crippen LogP contribution in [0.1, 0.15) is 6.92 Å². The Morgan fingerprint density at radius 3 is 2.94 bits per heavy atom. The molecule has 16 heavy (non-hydrogen) atoms. The number of anilines is 1. The predicted octanol–water partition coefficient (Wildman–Crippen LogP) is 2.28. The highest BCUT2D eigenvalue weighted by Gasteiger charge is 2.19. The number of ketones is 1. The summed E-state index contributed by atoms with van der Waals surface area (Å²) in [6.07, 6.45) is 1.58. The molecule has 0 saturated carbocycles. The maximum absolute atomic E-state index is 13.7. The minimum absolute atomic E-state index is 0.0302. The zero-order valence-corrected chi connectivity index (χ0v) is 9.38. The molecule has 84 valence electrons. The molecule has 0 radical (unpaired) electrons. The van der Waals surface area contributed by atoms with Crippen LogP contribution < -0.4 is 10.4 Å². The summed E-state index contributed by atoms with van der Waals surface area (Å²) >= 11 is 5.67. The van der Waals surface area contributed by atoms with Gasteiger partial charge in [-0.25, -0.2) is 9.82 Å². The van der Waals surface area contributed by atoms with E-state index in [1.165, 1.54) is 18.0 Å². The quantitative estimate of drug-likeness (QED) is 0.861. The number of halogens is 2. The van der Waals surface area contributed by atoms with Gasteiger partial charge in [-0.15, -0.1) is 0 Å². The van der Waals surface area contributed by atoms with Crippen LogP contribution in [0, 0.1) is 5.82 Å². The topological polar surface area (TPSA) is 32.3 Å². The van der Waals surface area contributed by atoms with E-state index in [1.54, 1.807) is 18.3 Å². The van der Waals surface area contributed by atoms with Gasteiger partial charge in [0.15, 0.2) is 11.6 Å². The van der Waals surface area contributed by atoms with Gasteiger partial charge >= 0.3 is 0 Å². The van der Waals surface area contributed by atoms with Crippen LogP contribution in [0.2, 0.25) is 5.02 Å². The average Bonchev–Trinajstić information content (AvgIpc) is 2.71. The molecule has 1 aliphatic heterocycles. The van der Waals surface area contributed by atoms with Crippen LogP contribution in [0.3, 0.4) is 0 Å². The molecule has 0 aliphatic carbocycles. The van der Waals surface area contributed by atoms with Crippen LogP contribution in [0.4, 0.5) is 10.1 Å². The Morgan fingerprint density at radius 2 is 2.31 bits per heavy atom. The zero-order chi connectivity index (χ0) is 11.7. The van der Waals surface area contributed by atoms with E-state index >= 15 is 0 Å². The minimum atomic E-state index is -0.502. The number of nitrogens with zero attached hydrogens (tertiary/aromatic N) is 1. The highest BCUT2D eigenvalue weighted by atomic mass is 35.5. The number of hydrogen-bond donors (Lipinski definition) is 1. The molecule has 0 amide bonds. The molecule has 3 nitrogen and oxygen atoms in total. The smallest absolute Gasteiger partial charge is 0.166 e. The highest BCUT2D eigenvalue weighted by molar-refractivity contribution is 6.31. The van der Waals surface area contributed by atoms with Gasteiger partial charge in [-0.2, -0.15) is 0 Å². The summed E-state index contributed by atoms with van der Waals surface area (Å²) in [6.45, 7) is 1.88. The molecule has 5 heteroatoms. The van der Waals surface area contributed by atoms with Gasteiger partial charge in [0.25, 0.3) is 0 Å². The summed E-state index contributed by atoms with van der Waals surface area (Å²) in [7, 11) is 0. The van der Waals surface area contributed by atoms with E-state index < -0.39 is 5.82 Å². The monoisotopic (exact) mass is 240 g/mol. The fraction of sp³-hybridized carbons (Fsp3) is 0.182. The van der Waals surface area contributed by atoms with Crippen LogP contribution in [0.15, 0.2) is 30.0 Å². The molecule has 0 unspecified atom stereocenters. The van der Waals surface area contributed by atoms with Crippen molar-refractivity contribution >= 4 is 23.1 Å². The van der Waals surface area contributed by atoms with E-state index in [4.69, 9.17) is 11.6 Å². The number of rotatable bonds is 2. The number of carbonyl (C=O) groups is 1. The average molecular weight is 241 g/mol. The summed E-state index contributed by atoms with van der Waals surface area (Å²) in [4.78, 5) is 11.1. The zero-order valence-electron chi connectivity index (χ0n) is 8.63. The third kappa shape index (κ3) is 1.94. The summed E-state index contributed by atoms with van der Waals surface area (Å²) in [5, 5.41) is 1.53. The maximum Gasteiger partial charge on any atom is 0.166 e. The molecule has 0 bridgehead atoms. The van der Waals surface area contributed by atoms with E-state index in [0.29, 0.717) is 17.8 Å². The molecule has 2 rings (SSSR count). The Hall–Kier alpha value is -1.39. The van der Waals surface area contributed by atoms with Crippen molar-refractivity contribution in [1.82, 2.24) is 5.43 Å². The Kier molecular flexibility index (Phi) is 2.94. The second-order valence-corrected chi connectivity index (χ2v) is 3.90. The largest absolute Gasteiger partial charge is 0.295 e. The van der Waals surface area contributed by atoms with Gasteiger partial charge in [0, 0.05) is 18.3 Å². The first-order chi connectivity index (χ1) is 7.59. The summed E-state index contributed by atoms with van der Waals surface area (Å²) in [5.41, 5.74) is 3.81. The lowest BCUT2D eigenvalue weighted by Gasteiger charge is -2.16. The van der Waals surface area contributed by atoms with Gasteiger partial charge in [0.2, 0.25) is 0 Å². The van der Waals surface area contributed by atoms with Gasteiger partial charge in [0.1, 0.15) is 0 Å². The molecule has 1 aliphatic rings. The predicted molar refractivity (Wildman–Crippen MR) is 60.7 cm³/mol. The van der Waals surface area contributed by atoms with Crippen LogP contribution in [-0.2, 0) is 4.79 Å². The molecule has 1 aromatic rings. The Morgan fingerprint density at radius 1 is 1.56 bits per heavy atom. The summed E-state index contributed by atoms with van der Waals surface area (Å²) < 4.78 is 13.7. The Labute approximate surface area is 97.5 Å². The molecular weight excluding hydrogens is 231 g/mol. The van der Waals surface area contributed by atoms with Crippen LogP contribution >= 0.6 is 11.6 Å². The fourth-order valence-electron chi connectivity index (χ4n) is 1.47. The highest BCUT2D eigenvalue weighted by Crippen LogP contribution is 2.26. The SMILES string of the molecule is CC(=O)C1=CN(c2cccc(Cl)c2F)NC1. The third-order valence-corrected chi connectivity index (χ3v) is 2.66. The minimum Gasteiger partial charge on any atom is -0.295 e. The second-order valence-electron chi connectivity index (χ2n) is 3.49. The first-order valence-corrected chi connectivity index (χ1v) is 5.16. The number of carbonyl (C=O) groups excluding carboxylic acids is 1. The van der Waals surface area contributed by atoms with E-state index in [-0.39, 0.29) is 10.8 Å². The lowest BCUT2D eigenvalue weighted by molar-refractivity contribution is -0.113. The first kappa shape index (κ1) is 11.1. The lowest BCUT2D eigenvalue weighted by Crippen LogP contribution is -2.29. The van der Waals surface area contributed by atoms with Gasteiger partial charge in [-0.1, -0.05) is 17.7 Å². The number of benzene rings is 1. The molecule has 1 aromatic carbocycles. The van der Waals surface area contributed by atoms with Gasteiger partial charge < -0.3 is 0 Å². The van der Waals surface area contributed by atoms with Crippen LogP contribution in [0.25, 0.3) is 0 Å². The van der Waals surface area contributed by atoms with E-state index in [2.05, 4.69) is 5.43 Å². The van der Waals surface area contributed by atoms with E-state index in [9.17, 15) is 9.18 Å². The standard InChI is InChI=1S/C11H10ClFN2O/c1-7(16)8-5-14-15(6-8)10-4-2-3-9(12)11(10)13/h2-4,6,14H,5H2,1H3. The molecular formula is C11H10ClFN2O. The van der Waals surface area contributed by atoms with Crippen molar-refractivity contribution in [2.45, 2.75) is 6.92 Å². The van der Waals surface area contributed by atoms with Gasteiger partial charge in [0.05, 0.1) is 10.7 Å². The van der Waals surface area contributed by atoms with Crippen LogP contribution in [0.5, 0.6) is 0 Å². The summed E-state index contributed by atoms with van der Waals surface area (Å²) in [5.74, 6) is -0.532. The number of hydrogen-bond acceptors (Lipinski definition) is 3. The van der Waals surface area contributed by atoms with Crippen molar-refractivity contribution < 1.29 is 9.18 Å². The Balaban J connectivity index is 2.33. The lowest BCUT2D eigenvalue weighted by atomic mass is 10.2. The molecule has 1 N–H and O–H groups in total. The summed E-state index contributed by atoms with van der Waals surface area (Å²) in [6, 6.07) is 4.72. The molecule has 0 aromatic heterocycles. The first-order valence-electron chi connectivity index (χ1n) is 4.78. The molecule has 1 heterocycles. The molecule has 0 atom stereocenters. The second kappa shape index (κ2) is 4.23. The van der Waals surface area contributed by atoms with Crippen molar-refractivity contribution in [2.24, 2.45) is 0 Å².